The lowest BCUT2D eigenvalue weighted by Crippen LogP contribution is -2.11. The van der Waals surface area contributed by atoms with E-state index in [1.807, 2.05) is 0 Å². The monoisotopic (exact) mass is 303 g/mol. The Bertz CT molecular complexity index is 797. The van der Waals surface area contributed by atoms with E-state index in [-0.39, 0.29) is 10.8 Å². The summed E-state index contributed by atoms with van der Waals surface area (Å²) in [5, 5.41) is 2.60. The van der Waals surface area contributed by atoms with Gasteiger partial charge in [-0.05, 0) is 41.9 Å². The van der Waals surface area contributed by atoms with Gasteiger partial charge in [0.15, 0.2) is 0 Å². The maximum absolute atomic E-state index is 11.9. The van der Waals surface area contributed by atoms with Crippen LogP contribution in [-0.4, -0.2) is 19.3 Å². The molecule has 9 heteroatoms. The Morgan fingerprint density at radius 2 is 1.76 bits per heavy atom. The van der Waals surface area contributed by atoms with Gasteiger partial charge in [0.05, 0.1) is 4.90 Å². The minimum absolute atomic E-state index is 0.151. The molecule has 0 aliphatic rings. The first-order valence-electron chi connectivity index (χ1n) is 5.66. The summed E-state index contributed by atoms with van der Waals surface area (Å²) in [6.07, 6.45) is 2.98. The van der Waals surface area contributed by atoms with Crippen LogP contribution in [-0.2, 0) is 10.0 Å². The molecule has 0 saturated heterocycles. The van der Waals surface area contributed by atoms with Gasteiger partial charge in [-0.3, -0.25) is 9.78 Å². The minimum atomic E-state index is -4.02. The fourth-order valence-electron chi connectivity index (χ4n) is 1.51. The van der Waals surface area contributed by atoms with Crippen LogP contribution in [0.25, 0.3) is 10.4 Å². The van der Waals surface area contributed by atoms with Crippen molar-refractivity contribution in [1.29, 1.82) is 0 Å². The van der Waals surface area contributed by atoms with Gasteiger partial charge >= 0.3 is 0 Å². The molecular formula is C12H9N5O3S. The summed E-state index contributed by atoms with van der Waals surface area (Å²) in [6.45, 7) is 0. The number of rotatable bonds is 4. The Morgan fingerprint density at radius 3 is 2.33 bits per heavy atom. The zero-order valence-corrected chi connectivity index (χ0v) is 11.4. The van der Waals surface area contributed by atoms with Gasteiger partial charge in [0.25, 0.3) is 15.9 Å². The normalized spacial score (nSPS) is 10.5. The second-order valence-electron chi connectivity index (χ2n) is 3.86. The standard InChI is InChI=1S/C12H9N5O3S/c13-16-17-21(19,20)11-3-1-10(2-4-11)15-12(18)9-5-7-14-8-6-9/h1-8H,(H,15,18). The Morgan fingerprint density at radius 1 is 1.14 bits per heavy atom. The lowest BCUT2D eigenvalue weighted by atomic mass is 10.2. The summed E-state index contributed by atoms with van der Waals surface area (Å²) in [6, 6.07) is 8.39. The first-order chi connectivity index (χ1) is 10.0. The maximum Gasteiger partial charge on any atom is 0.264 e. The Hall–Kier alpha value is -2.90. The van der Waals surface area contributed by atoms with Crippen molar-refractivity contribution in [1.82, 2.24) is 4.98 Å². The largest absolute Gasteiger partial charge is 0.322 e. The van der Waals surface area contributed by atoms with Crippen LogP contribution in [0.15, 0.2) is 58.2 Å². The molecule has 0 spiro atoms. The molecular weight excluding hydrogens is 294 g/mol. The Kier molecular flexibility index (Phi) is 4.17. The van der Waals surface area contributed by atoms with Crippen LogP contribution < -0.4 is 5.32 Å². The van der Waals surface area contributed by atoms with Gasteiger partial charge in [-0.2, -0.15) is 0 Å². The van der Waals surface area contributed by atoms with Crippen LogP contribution in [0.2, 0.25) is 0 Å². The molecule has 0 atom stereocenters. The number of amides is 1. The molecule has 0 bridgehead atoms. The van der Waals surface area contributed by atoms with Crippen molar-refractivity contribution >= 4 is 21.6 Å². The van der Waals surface area contributed by atoms with Crippen LogP contribution in [0.5, 0.6) is 0 Å². The molecule has 0 aliphatic heterocycles. The topological polar surface area (TPSA) is 125 Å². The number of carbonyl (C=O) groups excluding carboxylic acids is 1. The number of carbonyl (C=O) groups is 1. The van der Waals surface area contributed by atoms with E-state index in [2.05, 4.69) is 19.7 Å². The number of hydrogen-bond donors (Lipinski definition) is 1. The Balaban J connectivity index is 2.17. The number of hydrogen-bond acceptors (Lipinski definition) is 4. The quantitative estimate of drug-likeness (QED) is 0.528. The van der Waals surface area contributed by atoms with Crippen molar-refractivity contribution in [2.45, 2.75) is 4.90 Å². The third-order valence-corrected chi connectivity index (χ3v) is 3.65. The van der Waals surface area contributed by atoms with Gasteiger partial charge in [-0.25, -0.2) is 8.42 Å². The second kappa shape index (κ2) is 6.04. The summed E-state index contributed by atoms with van der Waals surface area (Å²) in [4.78, 5) is 17.8. The molecule has 1 amide bonds. The van der Waals surface area contributed by atoms with E-state index in [1.165, 1.54) is 36.7 Å². The van der Waals surface area contributed by atoms with Crippen molar-refractivity contribution in [3.8, 4) is 0 Å². The summed E-state index contributed by atoms with van der Waals surface area (Å²) in [5.41, 5.74) is 9.02. The first-order valence-corrected chi connectivity index (χ1v) is 7.10. The molecule has 1 aromatic heterocycles. The molecule has 1 heterocycles. The van der Waals surface area contributed by atoms with Crippen molar-refractivity contribution in [3.63, 3.8) is 0 Å². The van der Waals surface area contributed by atoms with E-state index in [9.17, 15) is 13.2 Å². The third-order valence-electron chi connectivity index (χ3n) is 2.50. The van der Waals surface area contributed by atoms with Crippen LogP contribution in [0, 0.1) is 0 Å². The zero-order chi connectivity index (χ0) is 15.3. The van der Waals surface area contributed by atoms with Crippen LogP contribution in [0.1, 0.15) is 10.4 Å². The predicted molar refractivity (Wildman–Crippen MR) is 75.0 cm³/mol. The van der Waals surface area contributed by atoms with Crippen molar-refractivity contribution < 1.29 is 13.2 Å². The van der Waals surface area contributed by atoms with E-state index < -0.39 is 10.0 Å². The van der Waals surface area contributed by atoms with Gasteiger partial charge in [-0.1, -0.05) is 0 Å². The fourth-order valence-corrected chi connectivity index (χ4v) is 2.18. The van der Waals surface area contributed by atoms with E-state index >= 15 is 0 Å². The summed E-state index contributed by atoms with van der Waals surface area (Å²) in [7, 11) is -4.02. The number of nitrogens with one attached hydrogen (secondary N) is 1. The number of benzene rings is 1. The zero-order valence-electron chi connectivity index (χ0n) is 10.5. The van der Waals surface area contributed by atoms with E-state index in [4.69, 9.17) is 5.53 Å². The lowest BCUT2D eigenvalue weighted by Gasteiger charge is -2.05. The first kappa shape index (κ1) is 14.5. The fraction of sp³-hybridized carbons (Fsp3) is 0. The average molecular weight is 303 g/mol. The number of sulfonamides is 1. The number of aromatic nitrogens is 1. The Labute approximate surface area is 120 Å². The van der Waals surface area contributed by atoms with Gasteiger partial charge in [0.1, 0.15) is 0 Å². The molecule has 0 fully saturated rings. The van der Waals surface area contributed by atoms with Crippen LogP contribution >= 0.6 is 0 Å². The maximum atomic E-state index is 11.9. The number of azide groups is 1. The molecule has 21 heavy (non-hydrogen) atoms. The summed E-state index contributed by atoms with van der Waals surface area (Å²) < 4.78 is 25.7. The molecule has 1 N–H and O–H groups in total. The molecule has 0 radical (unpaired) electrons. The van der Waals surface area contributed by atoms with Gasteiger partial charge in [0.2, 0.25) is 0 Å². The number of anilines is 1. The van der Waals surface area contributed by atoms with E-state index in [1.54, 1.807) is 12.1 Å². The molecule has 0 unspecified atom stereocenters. The molecule has 0 aliphatic carbocycles. The molecule has 106 valence electrons. The van der Waals surface area contributed by atoms with Gasteiger partial charge < -0.3 is 5.32 Å². The molecule has 0 saturated carbocycles. The molecule has 1 aromatic carbocycles. The smallest absolute Gasteiger partial charge is 0.264 e. The van der Waals surface area contributed by atoms with Crippen LogP contribution in [0.4, 0.5) is 5.69 Å². The second-order valence-corrected chi connectivity index (χ2v) is 5.45. The minimum Gasteiger partial charge on any atom is -0.322 e. The van der Waals surface area contributed by atoms with Crippen molar-refractivity contribution in [2.24, 2.45) is 4.52 Å². The highest BCUT2D eigenvalue weighted by Crippen LogP contribution is 2.16. The van der Waals surface area contributed by atoms with Gasteiger partial charge in [-0.15, -0.1) is 0 Å². The van der Waals surface area contributed by atoms with Crippen molar-refractivity contribution in [2.75, 3.05) is 5.32 Å². The number of pyridine rings is 1. The molecule has 2 aromatic rings. The highest BCUT2D eigenvalue weighted by atomic mass is 32.2. The van der Waals surface area contributed by atoms with Crippen molar-refractivity contribution in [3.05, 3.63) is 64.8 Å². The number of nitrogens with zero attached hydrogens (tertiary/aromatic N) is 4. The van der Waals surface area contributed by atoms with E-state index in [0.717, 1.165) is 0 Å². The highest BCUT2D eigenvalue weighted by molar-refractivity contribution is 7.90. The highest BCUT2D eigenvalue weighted by Gasteiger charge is 2.12. The molecule has 8 nitrogen and oxygen atoms in total. The average Bonchev–Trinajstić information content (AvgIpc) is 2.48. The third kappa shape index (κ3) is 3.56. The predicted octanol–water partition coefficient (Wildman–Crippen LogP) is 2.33. The van der Waals surface area contributed by atoms with Crippen LogP contribution in [0.3, 0.4) is 0 Å². The summed E-state index contributed by atoms with van der Waals surface area (Å²) >= 11 is 0. The molecule has 2 rings (SSSR count). The lowest BCUT2D eigenvalue weighted by molar-refractivity contribution is 0.102. The SMILES string of the molecule is [N-]=[N+]=NS(=O)(=O)c1ccc(NC(=O)c2ccncc2)cc1. The van der Waals surface area contributed by atoms with Gasteiger partial charge in [0, 0.05) is 33.1 Å². The summed E-state index contributed by atoms with van der Waals surface area (Å²) in [5.74, 6) is -0.344. The van der Waals surface area contributed by atoms with E-state index in [0.29, 0.717) is 11.3 Å².